The van der Waals surface area contributed by atoms with E-state index < -0.39 is 23.3 Å². The van der Waals surface area contributed by atoms with Crippen molar-refractivity contribution in [1.29, 1.82) is 0 Å². The Morgan fingerprint density at radius 2 is 1.78 bits per heavy atom. The number of allylic oxidation sites excluding steroid dienone is 1. The first kappa shape index (κ1) is 15.7. The van der Waals surface area contributed by atoms with Crippen molar-refractivity contribution < 1.29 is 14.4 Å². The largest absolute Gasteiger partial charge is 0.328 e. The summed E-state index contributed by atoms with van der Waals surface area (Å²) in [5.74, 6) is -0.969. The molecule has 0 unspecified atom stereocenters. The molecule has 0 atom stereocenters. The van der Waals surface area contributed by atoms with Crippen LogP contribution in [0, 0.1) is 5.41 Å². The van der Waals surface area contributed by atoms with Crippen LogP contribution in [0.1, 0.15) is 39.0 Å². The van der Waals surface area contributed by atoms with Crippen LogP contribution in [0.4, 0.5) is 4.79 Å². The molecular formula is C12H16CaN2O3. The van der Waals surface area contributed by atoms with Crippen LogP contribution in [0.2, 0.25) is 0 Å². The van der Waals surface area contributed by atoms with Crippen molar-refractivity contribution in [1.82, 2.24) is 10.6 Å². The first-order valence-electron chi connectivity index (χ1n) is 5.97. The minimum absolute atomic E-state index is 0. The molecule has 5 nitrogen and oxygen atoms in total. The van der Waals surface area contributed by atoms with Gasteiger partial charge in [0.15, 0.2) is 0 Å². The van der Waals surface area contributed by atoms with E-state index in [2.05, 4.69) is 10.6 Å². The van der Waals surface area contributed by atoms with Crippen molar-refractivity contribution in [3.8, 4) is 0 Å². The van der Waals surface area contributed by atoms with E-state index in [9.17, 15) is 14.4 Å². The van der Waals surface area contributed by atoms with E-state index >= 15 is 0 Å². The van der Waals surface area contributed by atoms with Crippen LogP contribution < -0.4 is 10.6 Å². The first-order valence-corrected chi connectivity index (χ1v) is 5.97. The quantitative estimate of drug-likeness (QED) is 0.446. The smallest absolute Gasteiger partial charge is 0.277 e. The molecule has 2 radical (unpaired) electrons. The number of barbiturate groups is 1. The number of nitrogens with one attached hydrogen (secondary N) is 2. The van der Waals surface area contributed by atoms with Gasteiger partial charge in [-0.2, -0.15) is 0 Å². The molecule has 1 saturated heterocycles. The van der Waals surface area contributed by atoms with Gasteiger partial charge in [-0.1, -0.05) is 13.0 Å². The van der Waals surface area contributed by atoms with E-state index in [0.29, 0.717) is 6.42 Å². The molecule has 2 aliphatic rings. The van der Waals surface area contributed by atoms with E-state index in [1.54, 1.807) is 6.92 Å². The van der Waals surface area contributed by atoms with Gasteiger partial charge >= 0.3 is 6.03 Å². The number of carbonyl (C=O) groups is 3. The van der Waals surface area contributed by atoms with Gasteiger partial charge in [0.25, 0.3) is 0 Å². The summed E-state index contributed by atoms with van der Waals surface area (Å²) in [7, 11) is 0. The van der Waals surface area contributed by atoms with Gasteiger partial charge in [-0.3, -0.25) is 20.2 Å². The third kappa shape index (κ3) is 2.49. The van der Waals surface area contributed by atoms with Gasteiger partial charge in [-0.05, 0) is 37.7 Å². The Kier molecular flexibility index (Phi) is 5.37. The topological polar surface area (TPSA) is 75.3 Å². The molecule has 6 heteroatoms. The van der Waals surface area contributed by atoms with E-state index in [-0.39, 0.29) is 37.7 Å². The van der Waals surface area contributed by atoms with Crippen LogP contribution in [-0.4, -0.2) is 55.6 Å². The molecule has 0 aromatic carbocycles. The van der Waals surface area contributed by atoms with Crippen molar-refractivity contribution in [2.75, 3.05) is 0 Å². The molecule has 1 heterocycles. The third-order valence-electron chi connectivity index (χ3n) is 3.60. The first-order chi connectivity index (χ1) is 8.11. The summed E-state index contributed by atoms with van der Waals surface area (Å²) in [6.07, 6.45) is 6.08. The molecule has 0 aromatic heterocycles. The molecular weight excluding hydrogens is 260 g/mol. The van der Waals surface area contributed by atoms with Crippen molar-refractivity contribution in [3.63, 3.8) is 0 Å². The van der Waals surface area contributed by atoms with Gasteiger partial charge < -0.3 is 0 Å². The normalized spacial score (nSPS) is 22.5. The minimum Gasteiger partial charge on any atom is -0.277 e. The molecule has 0 spiro atoms. The summed E-state index contributed by atoms with van der Waals surface area (Å²) in [6.45, 7) is 1.80. The standard InChI is InChI=1S/C12H16N2O3.Ca/c1-2-12(8-6-4-3-5-7-8)9(15)13-11(17)14-10(12)16;/h6H,2-5,7H2,1H3,(H2,13,14,15,16,17);. The van der Waals surface area contributed by atoms with Crippen LogP contribution in [0.15, 0.2) is 11.6 Å². The van der Waals surface area contributed by atoms with Crippen molar-refractivity contribution in [2.24, 2.45) is 5.41 Å². The SMILES string of the molecule is CCC1(C2=CCCCC2)C(=O)NC(=O)NC1=O.[Ca]. The van der Waals surface area contributed by atoms with Crippen LogP contribution in [0.3, 0.4) is 0 Å². The fraction of sp³-hybridized carbons (Fsp3) is 0.583. The number of imide groups is 2. The second-order valence-electron chi connectivity index (χ2n) is 4.47. The number of amides is 4. The maximum atomic E-state index is 12.0. The Balaban J connectivity index is 0.00000162. The molecule has 0 aromatic rings. The molecule has 1 aliphatic heterocycles. The minimum atomic E-state index is -1.17. The van der Waals surface area contributed by atoms with Gasteiger partial charge in [0.05, 0.1) is 0 Å². The molecule has 18 heavy (non-hydrogen) atoms. The summed E-state index contributed by atoms with van der Waals surface area (Å²) in [4.78, 5) is 35.2. The average molecular weight is 276 g/mol. The van der Waals surface area contributed by atoms with Crippen LogP contribution in [0.25, 0.3) is 0 Å². The molecule has 0 bridgehead atoms. The Morgan fingerprint density at radius 3 is 2.22 bits per heavy atom. The number of hydrogen-bond acceptors (Lipinski definition) is 3. The molecule has 94 valence electrons. The Hall–Kier alpha value is -0.390. The molecule has 1 fully saturated rings. The monoisotopic (exact) mass is 276 g/mol. The van der Waals surface area contributed by atoms with Gasteiger partial charge in [-0.15, -0.1) is 0 Å². The molecule has 2 rings (SSSR count). The van der Waals surface area contributed by atoms with Crippen molar-refractivity contribution >= 4 is 55.6 Å². The zero-order chi connectivity index (χ0) is 12.5. The predicted molar refractivity (Wildman–Crippen MR) is 66.7 cm³/mol. The van der Waals surface area contributed by atoms with Crippen LogP contribution >= 0.6 is 0 Å². The summed E-state index contributed by atoms with van der Waals surface area (Å²) < 4.78 is 0. The maximum Gasteiger partial charge on any atom is 0.328 e. The van der Waals surface area contributed by atoms with Gasteiger partial charge in [0.2, 0.25) is 11.8 Å². The maximum absolute atomic E-state index is 12.0. The number of urea groups is 1. The average Bonchev–Trinajstić information content (AvgIpc) is 2.30. The van der Waals surface area contributed by atoms with Crippen LogP contribution in [0.5, 0.6) is 0 Å². The number of rotatable bonds is 2. The predicted octanol–water partition coefficient (Wildman–Crippen LogP) is 0.868. The summed E-state index contributed by atoms with van der Waals surface area (Å²) in [5.41, 5.74) is -0.317. The summed E-state index contributed by atoms with van der Waals surface area (Å²) in [5, 5.41) is 4.40. The number of hydrogen-bond donors (Lipinski definition) is 2. The van der Waals surface area contributed by atoms with E-state index in [0.717, 1.165) is 31.3 Å². The molecule has 2 N–H and O–H groups in total. The zero-order valence-corrected chi connectivity index (χ0v) is 12.8. The second-order valence-corrected chi connectivity index (χ2v) is 4.47. The van der Waals surface area contributed by atoms with E-state index in [4.69, 9.17) is 0 Å². The van der Waals surface area contributed by atoms with Crippen molar-refractivity contribution in [3.05, 3.63) is 11.6 Å². The Morgan fingerprint density at radius 1 is 1.17 bits per heavy atom. The van der Waals surface area contributed by atoms with Gasteiger partial charge in [0.1, 0.15) is 5.41 Å². The zero-order valence-electron chi connectivity index (χ0n) is 10.5. The van der Waals surface area contributed by atoms with E-state index in [1.165, 1.54) is 0 Å². The second kappa shape index (κ2) is 6.17. The molecule has 1 aliphatic carbocycles. The molecule has 0 saturated carbocycles. The fourth-order valence-corrected chi connectivity index (χ4v) is 2.62. The van der Waals surface area contributed by atoms with Crippen LogP contribution in [-0.2, 0) is 9.59 Å². The Bertz CT molecular complexity index is 398. The van der Waals surface area contributed by atoms with Crippen molar-refractivity contribution in [2.45, 2.75) is 39.0 Å². The summed E-state index contributed by atoms with van der Waals surface area (Å²) in [6, 6.07) is -0.722. The van der Waals surface area contributed by atoms with Gasteiger partial charge in [-0.25, -0.2) is 4.79 Å². The summed E-state index contributed by atoms with van der Waals surface area (Å²) >= 11 is 0. The van der Waals surface area contributed by atoms with E-state index in [1.807, 2.05) is 6.08 Å². The Labute approximate surface area is 136 Å². The molecule has 4 amide bonds. The van der Waals surface area contributed by atoms with Gasteiger partial charge in [0, 0.05) is 37.7 Å². The third-order valence-corrected chi connectivity index (χ3v) is 3.60. The number of carbonyl (C=O) groups excluding carboxylic acids is 3. The fourth-order valence-electron chi connectivity index (χ4n) is 2.62.